The van der Waals surface area contributed by atoms with Crippen molar-refractivity contribution in [3.63, 3.8) is 0 Å². The van der Waals surface area contributed by atoms with E-state index in [9.17, 15) is 9.18 Å². The molecule has 1 aliphatic heterocycles. The van der Waals surface area contributed by atoms with Crippen LogP contribution in [0.5, 0.6) is 0 Å². The molecular weight excluding hydrogens is 293 g/mol. The first-order valence-corrected chi connectivity index (χ1v) is 7.24. The monoisotopic (exact) mass is 315 g/mol. The third-order valence-electron chi connectivity index (χ3n) is 4.10. The molecule has 118 valence electrons. The number of hydrogen-bond acceptors (Lipinski definition) is 3. The number of rotatable bonds is 5. The van der Waals surface area contributed by atoms with E-state index in [2.05, 4.69) is 4.90 Å². The number of benzene rings is 1. The molecule has 0 atom stereocenters. The predicted octanol–water partition coefficient (Wildman–Crippen LogP) is 2.97. The number of likely N-dealkylation sites (tertiary alicyclic amines) is 1. The van der Waals surface area contributed by atoms with E-state index in [4.69, 9.17) is 4.74 Å². The Bertz CT molecular complexity index is 433. The summed E-state index contributed by atoms with van der Waals surface area (Å²) >= 11 is 0. The molecule has 3 nitrogen and oxygen atoms in total. The van der Waals surface area contributed by atoms with Crippen LogP contribution in [0.1, 0.15) is 25.3 Å². The van der Waals surface area contributed by atoms with Gasteiger partial charge in [-0.25, -0.2) is 4.39 Å². The lowest BCUT2D eigenvalue weighted by molar-refractivity contribution is -0.152. The van der Waals surface area contributed by atoms with E-state index in [1.807, 2.05) is 37.3 Å². The molecule has 0 N–H and O–H groups in total. The summed E-state index contributed by atoms with van der Waals surface area (Å²) in [5.74, 6) is -0.147. The van der Waals surface area contributed by atoms with E-state index in [1.165, 1.54) is 0 Å². The predicted molar refractivity (Wildman–Crippen MR) is 83.7 cm³/mol. The summed E-state index contributed by atoms with van der Waals surface area (Å²) in [6, 6.07) is 9.82. The minimum absolute atomic E-state index is 0. The highest BCUT2D eigenvalue weighted by molar-refractivity contribution is 5.85. The summed E-state index contributed by atoms with van der Waals surface area (Å²) in [6.07, 6.45) is 1.38. The summed E-state index contributed by atoms with van der Waals surface area (Å²) in [5, 5.41) is 0. The summed E-state index contributed by atoms with van der Waals surface area (Å²) in [6.45, 7) is 3.80. The number of carbonyl (C=O) groups excluding carboxylic acids is 1. The van der Waals surface area contributed by atoms with Crippen LogP contribution >= 0.6 is 12.4 Å². The summed E-state index contributed by atoms with van der Waals surface area (Å²) < 4.78 is 17.7. The maximum Gasteiger partial charge on any atom is 0.316 e. The Morgan fingerprint density at radius 3 is 2.43 bits per heavy atom. The van der Waals surface area contributed by atoms with Crippen LogP contribution in [0, 0.1) is 0 Å². The fraction of sp³-hybridized carbons (Fsp3) is 0.562. The highest BCUT2D eigenvalue weighted by atomic mass is 35.5. The lowest BCUT2D eigenvalue weighted by Gasteiger charge is -2.40. The summed E-state index contributed by atoms with van der Waals surface area (Å²) in [4.78, 5) is 14.5. The lowest BCUT2D eigenvalue weighted by atomic mass is 9.72. The quantitative estimate of drug-likeness (QED) is 0.782. The Balaban J connectivity index is 0.00000220. The molecule has 21 heavy (non-hydrogen) atoms. The van der Waals surface area contributed by atoms with Crippen LogP contribution in [-0.4, -0.2) is 43.8 Å². The molecule has 0 radical (unpaired) electrons. The van der Waals surface area contributed by atoms with Crippen LogP contribution in [0.25, 0.3) is 0 Å². The van der Waals surface area contributed by atoms with Gasteiger partial charge in [0.25, 0.3) is 0 Å². The molecule has 0 unspecified atom stereocenters. The second kappa shape index (κ2) is 8.35. The van der Waals surface area contributed by atoms with E-state index in [1.54, 1.807) is 0 Å². The first-order valence-electron chi connectivity index (χ1n) is 7.24. The molecule has 1 aliphatic rings. The van der Waals surface area contributed by atoms with Gasteiger partial charge in [-0.15, -0.1) is 12.4 Å². The molecule has 1 fully saturated rings. The van der Waals surface area contributed by atoms with Crippen molar-refractivity contribution >= 4 is 18.4 Å². The van der Waals surface area contributed by atoms with E-state index < -0.39 is 5.41 Å². The molecule has 0 amide bonds. The number of alkyl halides is 1. The van der Waals surface area contributed by atoms with Gasteiger partial charge in [-0.05, 0) is 38.4 Å². The summed E-state index contributed by atoms with van der Waals surface area (Å²) in [7, 11) is 0. The Kier molecular flexibility index (Phi) is 7.12. The number of halogens is 2. The smallest absolute Gasteiger partial charge is 0.316 e. The number of nitrogens with zero attached hydrogens (tertiary/aromatic N) is 1. The zero-order valence-electron chi connectivity index (χ0n) is 12.4. The van der Waals surface area contributed by atoms with Crippen molar-refractivity contribution in [3.8, 4) is 0 Å². The Morgan fingerprint density at radius 1 is 1.29 bits per heavy atom. The van der Waals surface area contributed by atoms with Crippen LogP contribution in [0.2, 0.25) is 0 Å². The second-order valence-corrected chi connectivity index (χ2v) is 5.20. The normalized spacial score (nSPS) is 17.8. The van der Waals surface area contributed by atoms with Gasteiger partial charge in [0.15, 0.2) is 0 Å². The molecular formula is C16H23ClFNO2. The van der Waals surface area contributed by atoms with Gasteiger partial charge in [0.2, 0.25) is 0 Å². The van der Waals surface area contributed by atoms with Gasteiger partial charge in [0.05, 0.1) is 12.0 Å². The first-order chi connectivity index (χ1) is 9.73. The zero-order valence-corrected chi connectivity index (χ0v) is 13.2. The molecule has 0 saturated carbocycles. The van der Waals surface area contributed by atoms with E-state index in [0.29, 0.717) is 26.0 Å². The molecule has 5 heteroatoms. The molecule has 2 rings (SSSR count). The largest absolute Gasteiger partial charge is 0.465 e. The minimum Gasteiger partial charge on any atom is -0.465 e. The number of esters is 1. The molecule has 1 saturated heterocycles. The van der Waals surface area contributed by atoms with Crippen LogP contribution in [0.4, 0.5) is 4.39 Å². The van der Waals surface area contributed by atoms with Crippen molar-refractivity contribution in [2.24, 2.45) is 0 Å². The Hall–Kier alpha value is -1.13. The van der Waals surface area contributed by atoms with Crippen LogP contribution in [-0.2, 0) is 14.9 Å². The van der Waals surface area contributed by atoms with E-state index >= 15 is 0 Å². The van der Waals surface area contributed by atoms with Crippen LogP contribution in [0.3, 0.4) is 0 Å². The van der Waals surface area contributed by atoms with E-state index in [0.717, 1.165) is 18.7 Å². The molecule has 1 aromatic rings. The third-order valence-corrected chi connectivity index (χ3v) is 4.10. The fourth-order valence-electron chi connectivity index (χ4n) is 2.91. The minimum atomic E-state index is -0.565. The van der Waals surface area contributed by atoms with Crippen LogP contribution in [0.15, 0.2) is 30.3 Å². The van der Waals surface area contributed by atoms with Crippen molar-refractivity contribution in [1.29, 1.82) is 0 Å². The molecule has 1 aromatic carbocycles. The molecule has 0 bridgehead atoms. The van der Waals surface area contributed by atoms with Gasteiger partial charge < -0.3 is 9.64 Å². The highest BCUT2D eigenvalue weighted by Gasteiger charge is 2.43. The van der Waals surface area contributed by atoms with Crippen molar-refractivity contribution < 1.29 is 13.9 Å². The topological polar surface area (TPSA) is 29.5 Å². The van der Waals surface area contributed by atoms with Gasteiger partial charge in [0.1, 0.15) is 6.67 Å². The number of carbonyl (C=O) groups is 1. The van der Waals surface area contributed by atoms with Gasteiger partial charge in [-0.1, -0.05) is 30.3 Å². The third kappa shape index (κ3) is 3.95. The lowest BCUT2D eigenvalue weighted by Crippen LogP contribution is -2.48. The fourth-order valence-corrected chi connectivity index (χ4v) is 2.91. The van der Waals surface area contributed by atoms with Crippen molar-refractivity contribution in [2.75, 3.05) is 32.9 Å². The Morgan fingerprint density at radius 2 is 1.90 bits per heavy atom. The number of ether oxygens (including phenoxy) is 1. The van der Waals surface area contributed by atoms with Crippen molar-refractivity contribution in [1.82, 2.24) is 4.90 Å². The highest BCUT2D eigenvalue weighted by Crippen LogP contribution is 2.36. The average Bonchev–Trinajstić information content (AvgIpc) is 2.49. The van der Waals surface area contributed by atoms with Crippen LogP contribution < -0.4 is 0 Å². The zero-order chi connectivity index (χ0) is 14.4. The Labute approximate surface area is 131 Å². The van der Waals surface area contributed by atoms with Gasteiger partial charge >= 0.3 is 5.97 Å². The summed E-state index contributed by atoms with van der Waals surface area (Å²) in [5.41, 5.74) is 0.447. The average molecular weight is 316 g/mol. The van der Waals surface area contributed by atoms with Crippen molar-refractivity contribution in [2.45, 2.75) is 25.2 Å². The van der Waals surface area contributed by atoms with Gasteiger partial charge in [0, 0.05) is 6.54 Å². The first kappa shape index (κ1) is 17.9. The molecule has 0 aromatic heterocycles. The SMILES string of the molecule is CCOC(=O)C1(c2ccccc2)CCN(CCF)CC1.Cl. The second-order valence-electron chi connectivity index (χ2n) is 5.20. The van der Waals surface area contributed by atoms with Crippen molar-refractivity contribution in [3.05, 3.63) is 35.9 Å². The molecule has 0 aliphatic carbocycles. The van der Waals surface area contributed by atoms with Gasteiger partial charge in [-0.3, -0.25) is 4.79 Å². The maximum absolute atomic E-state index is 12.5. The maximum atomic E-state index is 12.5. The van der Waals surface area contributed by atoms with Gasteiger partial charge in [-0.2, -0.15) is 0 Å². The van der Waals surface area contributed by atoms with E-state index in [-0.39, 0.29) is 25.1 Å². The number of piperidine rings is 1. The number of hydrogen-bond donors (Lipinski definition) is 0. The molecule has 1 heterocycles. The standard InChI is InChI=1S/C16H22FNO2.ClH/c1-2-20-15(19)16(14-6-4-3-5-7-14)8-11-18(12-9-16)13-10-17;/h3-7H,2,8-13H2,1H3;1H. The molecule has 0 spiro atoms.